The Morgan fingerprint density at radius 2 is 1.95 bits per heavy atom. The van der Waals surface area contributed by atoms with Crippen LogP contribution in [0.15, 0.2) is 18.3 Å². The van der Waals surface area contributed by atoms with E-state index in [-0.39, 0.29) is 5.54 Å². The Kier molecular flexibility index (Phi) is 5.77. The fourth-order valence-corrected chi connectivity index (χ4v) is 3.37. The van der Waals surface area contributed by atoms with Gasteiger partial charge in [0.2, 0.25) is 0 Å². The van der Waals surface area contributed by atoms with Gasteiger partial charge in [0.15, 0.2) is 0 Å². The van der Waals surface area contributed by atoms with Crippen molar-refractivity contribution in [3.05, 3.63) is 29.6 Å². The second kappa shape index (κ2) is 7.37. The predicted molar refractivity (Wildman–Crippen MR) is 89.5 cm³/mol. The molecule has 21 heavy (non-hydrogen) atoms. The Morgan fingerprint density at radius 3 is 2.52 bits per heavy atom. The molecule has 1 fully saturated rings. The van der Waals surface area contributed by atoms with Crippen LogP contribution < -0.4 is 5.32 Å². The molecule has 2 heterocycles. The lowest BCUT2D eigenvalue weighted by Crippen LogP contribution is -2.54. The minimum atomic E-state index is 0.118. The molecule has 0 saturated carbocycles. The molecule has 118 valence electrons. The van der Waals surface area contributed by atoms with E-state index in [1.807, 2.05) is 13.1 Å². The number of piperidine rings is 1. The third-order valence-electron chi connectivity index (χ3n) is 4.74. The standard InChI is InChI=1S/C18H31N3/c1-5-11-19-17(16-10-9-15(2)20-14-16)18(3,4)21-12-7-6-8-13-21/h9-10,14,17,19H,5-8,11-13H2,1-4H3. The molecule has 3 heteroatoms. The van der Waals surface area contributed by atoms with Crippen LogP contribution in [0.1, 0.15) is 63.8 Å². The number of hydrogen-bond donors (Lipinski definition) is 1. The molecule has 0 radical (unpaired) electrons. The average Bonchev–Trinajstić information content (AvgIpc) is 2.50. The highest BCUT2D eigenvalue weighted by Crippen LogP contribution is 2.33. The third-order valence-corrected chi connectivity index (χ3v) is 4.74. The second-order valence-corrected chi connectivity index (χ2v) is 6.82. The molecule has 0 aliphatic carbocycles. The topological polar surface area (TPSA) is 28.2 Å². The van der Waals surface area contributed by atoms with E-state index in [9.17, 15) is 0 Å². The van der Waals surface area contributed by atoms with Crippen molar-refractivity contribution < 1.29 is 0 Å². The van der Waals surface area contributed by atoms with Gasteiger partial charge in [0.05, 0.1) is 6.04 Å². The first-order valence-electron chi connectivity index (χ1n) is 8.46. The van der Waals surface area contributed by atoms with Gasteiger partial charge >= 0.3 is 0 Å². The molecule has 3 nitrogen and oxygen atoms in total. The fraction of sp³-hybridized carbons (Fsp3) is 0.722. The highest BCUT2D eigenvalue weighted by Gasteiger charge is 2.36. The lowest BCUT2D eigenvalue weighted by Gasteiger charge is -2.46. The summed E-state index contributed by atoms with van der Waals surface area (Å²) in [6.07, 6.45) is 7.25. The van der Waals surface area contributed by atoms with E-state index in [4.69, 9.17) is 0 Å². The van der Waals surface area contributed by atoms with Gasteiger partial charge in [-0.05, 0) is 71.3 Å². The summed E-state index contributed by atoms with van der Waals surface area (Å²) in [5, 5.41) is 3.76. The number of nitrogens with zero attached hydrogens (tertiary/aromatic N) is 2. The third kappa shape index (κ3) is 4.04. The summed E-state index contributed by atoms with van der Waals surface area (Å²) in [5.41, 5.74) is 2.51. The van der Waals surface area contributed by atoms with Crippen LogP contribution in [-0.2, 0) is 0 Å². The van der Waals surface area contributed by atoms with E-state index in [0.717, 1.165) is 18.7 Å². The van der Waals surface area contributed by atoms with Gasteiger partial charge in [-0.1, -0.05) is 19.4 Å². The molecule has 1 atom stereocenters. The van der Waals surface area contributed by atoms with Gasteiger partial charge in [0.1, 0.15) is 0 Å². The lowest BCUT2D eigenvalue weighted by molar-refractivity contribution is 0.0606. The van der Waals surface area contributed by atoms with Crippen molar-refractivity contribution in [2.45, 2.75) is 65.0 Å². The van der Waals surface area contributed by atoms with E-state index >= 15 is 0 Å². The number of pyridine rings is 1. The summed E-state index contributed by atoms with van der Waals surface area (Å²) < 4.78 is 0. The molecule has 0 amide bonds. The Balaban J connectivity index is 2.22. The van der Waals surface area contributed by atoms with Crippen LogP contribution in [0, 0.1) is 6.92 Å². The van der Waals surface area contributed by atoms with E-state index in [1.54, 1.807) is 0 Å². The molecule has 0 spiro atoms. The number of aryl methyl sites for hydroxylation is 1. The van der Waals surface area contributed by atoms with Gasteiger partial charge in [-0.2, -0.15) is 0 Å². The van der Waals surface area contributed by atoms with Gasteiger partial charge in [-0.3, -0.25) is 9.88 Å². The Labute approximate surface area is 130 Å². The number of aromatic nitrogens is 1. The monoisotopic (exact) mass is 289 g/mol. The summed E-state index contributed by atoms with van der Waals surface area (Å²) in [7, 11) is 0. The van der Waals surface area contributed by atoms with Crippen LogP contribution in [0.3, 0.4) is 0 Å². The van der Waals surface area contributed by atoms with Gasteiger partial charge in [0.25, 0.3) is 0 Å². The van der Waals surface area contributed by atoms with Crippen molar-refractivity contribution in [2.75, 3.05) is 19.6 Å². The first-order valence-corrected chi connectivity index (χ1v) is 8.46. The van der Waals surface area contributed by atoms with E-state index in [1.165, 1.54) is 37.9 Å². The quantitative estimate of drug-likeness (QED) is 0.865. The Hall–Kier alpha value is -0.930. The number of nitrogens with one attached hydrogen (secondary N) is 1. The molecular formula is C18H31N3. The molecule has 1 aliphatic heterocycles. The van der Waals surface area contributed by atoms with E-state index in [2.05, 4.69) is 48.1 Å². The van der Waals surface area contributed by atoms with Crippen LogP contribution in [0.4, 0.5) is 0 Å². The average molecular weight is 289 g/mol. The first-order chi connectivity index (χ1) is 10.1. The zero-order valence-electron chi connectivity index (χ0n) is 14.2. The Bertz CT molecular complexity index is 419. The summed E-state index contributed by atoms with van der Waals surface area (Å²) >= 11 is 0. The number of likely N-dealkylation sites (tertiary alicyclic amines) is 1. The number of rotatable bonds is 6. The molecule has 1 N–H and O–H groups in total. The minimum Gasteiger partial charge on any atom is -0.308 e. The maximum absolute atomic E-state index is 4.51. The summed E-state index contributed by atoms with van der Waals surface area (Å²) in [5.74, 6) is 0. The fourth-order valence-electron chi connectivity index (χ4n) is 3.37. The normalized spacial score (nSPS) is 18.7. The van der Waals surface area contributed by atoms with Gasteiger partial charge in [-0.15, -0.1) is 0 Å². The lowest BCUT2D eigenvalue weighted by atomic mass is 9.86. The zero-order chi connectivity index (χ0) is 15.3. The molecule has 1 aromatic rings. The van der Waals surface area contributed by atoms with Gasteiger partial charge < -0.3 is 5.32 Å². The SMILES string of the molecule is CCCNC(c1ccc(C)nc1)C(C)(C)N1CCCCC1. The van der Waals surface area contributed by atoms with Crippen LogP contribution >= 0.6 is 0 Å². The molecular weight excluding hydrogens is 258 g/mol. The summed E-state index contributed by atoms with van der Waals surface area (Å²) in [6, 6.07) is 4.70. The Morgan fingerprint density at radius 1 is 1.24 bits per heavy atom. The van der Waals surface area contributed by atoms with E-state index < -0.39 is 0 Å². The molecule has 1 aliphatic rings. The largest absolute Gasteiger partial charge is 0.308 e. The van der Waals surface area contributed by atoms with Crippen LogP contribution in [-0.4, -0.2) is 35.1 Å². The molecule has 2 rings (SSSR count). The summed E-state index contributed by atoms with van der Waals surface area (Å²) in [6.45, 7) is 12.5. The maximum atomic E-state index is 4.51. The highest BCUT2D eigenvalue weighted by atomic mass is 15.2. The van der Waals surface area contributed by atoms with Crippen molar-refractivity contribution in [1.82, 2.24) is 15.2 Å². The molecule has 1 unspecified atom stereocenters. The smallest absolute Gasteiger partial charge is 0.0517 e. The molecule has 1 saturated heterocycles. The van der Waals surface area contributed by atoms with Crippen molar-refractivity contribution in [3.8, 4) is 0 Å². The minimum absolute atomic E-state index is 0.118. The van der Waals surface area contributed by atoms with Crippen LogP contribution in [0.25, 0.3) is 0 Å². The number of hydrogen-bond acceptors (Lipinski definition) is 3. The second-order valence-electron chi connectivity index (χ2n) is 6.82. The van der Waals surface area contributed by atoms with Gasteiger partial charge in [-0.25, -0.2) is 0 Å². The first kappa shape index (κ1) is 16.4. The highest BCUT2D eigenvalue weighted by molar-refractivity contribution is 5.21. The molecule has 0 bridgehead atoms. The predicted octanol–water partition coefficient (Wildman–Crippen LogP) is 3.70. The van der Waals surface area contributed by atoms with Crippen molar-refractivity contribution >= 4 is 0 Å². The van der Waals surface area contributed by atoms with E-state index in [0.29, 0.717) is 6.04 Å². The van der Waals surface area contributed by atoms with Crippen molar-refractivity contribution in [3.63, 3.8) is 0 Å². The zero-order valence-corrected chi connectivity index (χ0v) is 14.2. The van der Waals surface area contributed by atoms with Gasteiger partial charge in [0, 0.05) is 17.4 Å². The molecule has 0 aromatic carbocycles. The van der Waals surface area contributed by atoms with Crippen molar-refractivity contribution in [1.29, 1.82) is 0 Å². The molecule has 1 aromatic heterocycles. The maximum Gasteiger partial charge on any atom is 0.0517 e. The van der Waals surface area contributed by atoms with Crippen LogP contribution in [0.5, 0.6) is 0 Å². The summed E-state index contributed by atoms with van der Waals surface area (Å²) in [4.78, 5) is 7.16. The van der Waals surface area contributed by atoms with Crippen LogP contribution in [0.2, 0.25) is 0 Å². The van der Waals surface area contributed by atoms with Crippen molar-refractivity contribution in [2.24, 2.45) is 0 Å².